The van der Waals surface area contributed by atoms with Crippen LogP contribution in [0.3, 0.4) is 0 Å². The van der Waals surface area contributed by atoms with Crippen molar-refractivity contribution >= 4 is 10.0 Å². The van der Waals surface area contributed by atoms with Gasteiger partial charge in [-0.05, 0) is 38.1 Å². The van der Waals surface area contributed by atoms with Crippen molar-refractivity contribution in [3.63, 3.8) is 0 Å². The van der Waals surface area contributed by atoms with Gasteiger partial charge < -0.3 is 9.73 Å². The van der Waals surface area contributed by atoms with E-state index in [1.807, 2.05) is 13.1 Å². The smallest absolute Gasteiger partial charge is 0.241 e. The van der Waals surface area contributed by atoms with E-state index in [4.69, 9.17) is 4.42 Å². The molecule has 0 aliphatic carbocycles. The van der Waals surface area contributed by atoms with Crippen LogP contribution in [0.4, 0.5) is 0 Å². The Bertz CT molecular complexity index is 723. The third-order valence-electron chi connectivity index (χ3n) is 3.01. The van der Waals surface area contributed by atoms with Gasteiger partial charge in [0.05, 0.1) is 17.6 Å². The first-order valence-electron chi connectivity index (χ1n) is 6.57. The van der Waals surface area contributed by atoms with Gasteiger partial charge in [-0.15, -0.1) is 0 Å². The molecule has 21 heavy (non-hydrogen) atoms. The topological polar surface area (TPSA) is 84.2 Å². The molecule has 2 rings (SSSR count). The van der Waals surface area contributed by atoms with Gasteiger partial charge in [0.1, 0.15) is 5.76 Å². The Morgan fingerprint density at radius 1 is 1.24 bits per heavy atom. The maximum atomic E-state index is 12.4. The molecule has 0 fully saturated rings. The largest absolute Gasteiger partial charge is 0.445 e. The number of nitrogens with zero attached hydrogens (tertiary/aromatic N) is 1. The Morgan fingerprint density at radius 2 is 2.00 bits per heavy atom. The van der Waals surface area contributed by atoms with Crippen molar-refractivity contribution in [2.45, 2.75) is 31.8 Å². The normalized spacial score (nSPS) is 11.8. The summed E-state index contributed by atoms with van der Waals surface area (Å²) in [6, 6.07) is 5.38. The molecule has 1 aromatic carbocycles. The zero-order valence-corrected chi connectivity index (χ0v) is 13.1. The fraction of sp³-hybridized carbons (Fsp3) is 0.357. The predicted octanol–water partition coefficient (Wildman–Crippen LogP) is 1.49. The molecular formula is C14H19N3O3S. The van der Waals surface area contributed by atoms with Crippen molar-refractivity contribution < 1.29 is 12.8 Å². The summed E-state index contributed by atoms with van der Waals surface area (Å²) >= 11 is 0. The molecule has 0 amide bonds. The number of oxazole rings is 1. The van der Waals surface area contributed by atoms with Crippen molar-refractivity contribution in [3.8, 4) is 0 Å². The molecule has 0 aliphatic heterocycles. The SMILES string of the molecule is CNCc1ccc(C)c(S(=O)(=O)NCc2ncc(C)o2)c1. The van der Waals surface area contributed by atoms with E-state index in [-0.39, 0.29) is 11.4 Å². The van der Waals surface area contributed by atoms with E-state index < -0.39 is 10.0 Å². The summed E-state index contributed by atoms with van der Waals surface area (Å²) in [5.41, 5.74) is 1.61. The van der Waals surface area contributed by atoms with Gasteiger partial charge in [0.2, 0.25) is 15.9 Å². The van der Waals surface area contributed by atoms with Crippen LogP contribution in [0.1, 0.15) is 22.8 Å². The summed E-state index contributed by atoms with van der Waals surface area (Å²) in [6.07, 6.45) is 1.56. The van der Waals surface area contributed by atoms with Gasteiger partial charge >= 0.3 is 0 Å². The Morgan fingerprint density at radius 3 is 2.62 bits per heavy atom. The summed E-state index contributed by atoms with van der Waals surface area (Å²) in [6.45, 7) is 4.18. The van der Waals surface area contributed by atoms with E-state index in [1.54, 1.807) is 32.2 Å². The summed E-state index contributed by atoms with van der Waals surface area (Å²) in [4.78, 5) is 4.25. The lowest BCUT2D eigenvalue weighted by atomic mass is 10.1. The molecule has 0 aliphatic rings. The van der Waals surface area contributed by atoms with Crippen molar-refractivity contribution in [2.24, 2.45) is 0 Å². The molecule has 0 bridgehead atoms. The number of rotatable bonds is 6. The van der Waals surface area contributed by atoms with Crippen LogP contribution in [0, 0.1) is 13.8 Å². The first kappa shape index (κ1) is 15.7. The second kappa shape index (κ2) is 6.38. The summed E-state index contributed by atoms with van der Waals surface area (Å²) in [7, 11) is -1.78. The Labute approximate surface area is 124 Å². The minimum Gasteiger partial charge on any atom is -0.445 e. The second-order valence-electron chi connectivity index (χ2n) is 4.82. The lowest BCUT2D eigenvalue weighted by molar-refractivity contribution is 0.463. The van der Waals surface area contributed by atoms with Crippen molar-refractivity contribution in [1.82, 2.24) is 15.0 Å². The molecule has 1 heterocycles. The molecule has 0 atom stereocenters. The highest BCUT2D eigenvalue weighted by Crippen LogP contribution is 2.17. The molecule has 0 saturated heterocycles. The minimum atomic E-state index is -3.60. The summed E-state index contributed by atoms with van der Waals surface area (Å²) in [5, 5.41) is 3.00. The zero-order chi connectivity index (χ0) is 15.5. The van der Waals surface area contributed by atoms with Gasteiger partial charge in [0.25, 0.3) is 0 Å². The highest BCUT2D eigenvalue weighted by atomic mass is 32.2. The predicted molar refractivity (Wildman–Crippen MR) is 79.2 cm³/mol. The third kappa shape index (κ3) is 3.90. The van der Waals surface area contributed by atoms with Gasteiger partial charge in [0.15, 0.2) is 0 Å². The van der Waals surface area contributed by atoms with Gasteiger partial charge in [-0.3, -0.25) is 0 Å². The Kier molecular flexibility index (Phi) is 4.76. The summed E-state index contributed by atoms with van der Waals surface area (Å²) < 4.78 is 32.5. The van der Waals surface area contributed by atoms with E-state index in [2.05, 4.69) is 15.0 Å². The first-order valence-corrected chi connectivity index (χ1v) is 8.06. The quantitative estimate of drug-likeness (QED) is 0.844. The minimum absolute atomic E-state index is 0.0336. The molecule has 2 aromatic rings. The fourth-order valence-corrected chi connectivity index (χ4v) is 3.23. The molecule has 1 aromatic heterocycles. The lowest BCUT2D eigenvalue weighted by Crippen LogP contribution is -2.24. The second-order valence-corrected chi connectivity index (χ2v) is 6.55. The maximum absolute atomic E-state index is 12.4. The van der Waals surface area contributed by atoms with E-state index in [9.17, 15) is 8.42 Å². The molecule has 7 heteroatoms. The third-order valence-corrected chi connectivity index (χ3v) is 4.55. The van der Waals surface area contributed by atoms with E-state index in [1.165, 1.54) is 0 Å². The number of hydrogen-bond donors (Lipinski definition) is 2. The zero-order valence-electron chi connectivity index (χ0n) is 12.3. The van der Waals surface area contributed by atoms with Crippen LogP contribution < -0.4 is 10.0 Å². The number of sulfonamides is 1. The van der Waals surface area contributed by atoms with E-state index in [0.717, 1.165) is 5.56 Å². The van der Waals surface area contributed by atoms with Gasteiger partial charge in [-0.2, -0.15) is 0 Å². The average Bonchev–Trinajstić information content (AvgIpc) is 2.85. The number of aromatic nitrogens is 1. The standard InChI is InChI=1S/C14H19N3O3S/c1-10-4-5-12(8-15-3)6-13(10)21(18,19)17-9-14-16-7-11(2)20-14/h4-7,15,17H,8-9H2,1-3H3. The molecule has 6 nitrogen and oxygen atoms in total. The summed E-state index contributed by atoms with van der Waals surface area (Å²) in [5.74, 6) is 0.997. The van der Waals surface area contributed by atoms with Crippen molar-refractivity contribution in [1.29, 1.82) is 0 Å². The van der Waals surface area contributed by atoms with Crippen molar-refractivity contribution in [3.05, 3.63) is 47.2 Å². The number of aryl methyl sites for hydroxylation is 2. The highest BCUT2D eigenvalue weighted by molar-refractivity contribution is 7.89. The van der Waals surface area contributed by atoms with Crippen LogP contribution in [0.25, 0.3) is 0 Å². The van der Waals surface area contributed by atoms with E-state index >= 15 is 0 Å². The van der Waals surface area contributed by atoms with Crippen LogP contribution in [0.15, 0.2) is 33.7 Å². The number of hydrogen-bond acceptors (Lipinski definition) is 5. The molecule has 0 saturated carbocycles. The number of benzene rings is 1. The molecule has 2 N–H and O–H groups in total. The molecule has 0 unspecified atom stereocenters. The molecule has 114 valence electrons. The van der Waals surface area contributed by atoms with Gasteiger partial charge in [-0.1, -0.05) is 12.1 Å². The fourth-order valence-electron chi connectivity index (χ4n) is 1.97. The van der Waals surface area contributed by atoms with E-state index in [0.29, 0.717) is 23.8 Å². The van der Waals surface area contributed by atoms with Crippen LogP contribution in [-0.4, -0.2) is 20.4 Å². The van der Waals surface area contributed by atoms with Crippen LogP contribution >= 0.6 is 0 Å². The lowest BCUT2D eigenvalue weighted by Gasteiger charge is -2.10. The molecular weight excluding hydrogens is 290 g/mol. The van der Waals surface area contributed by atoms with Gasteiger partial charge in [0, 0.05) is 6.54 Å². The van der Waals surface area contributed by atoms with Crippen molar-refractivity contribution in [2.75, 3.05) is 7.05 Å². The van der Waals surface area contributed by atoms with Crippen LogP contribution in [0.5, 0.6) is 0 Å². The van der Waals surface area contributed by atoms with Crippen LogP contribution in [0.2, 0.25) is 0 Å². The monoisotopic (exact) mass is 309 g/mol. The average molecular weight is 309 g/mol. The maximum Gasteiger partial charge on any atom is 0.241 e. The highest BCUT2D eigenvalue weighted by Gasteiger charge is 2.18. The first-order chi connectivity index (χ1) is 9.92. The molecule has 0 radical (unpaired) electrons. The number of nitrogens with one attached hydrogen (secondary N) is 2. The molecule has 0 spiro atoms. The van der Waals surface area contributed by atoms with Gasteiger partial charge in [-0.25, -0.2) is 18.1 Å². The van der Waals surface area contributed by atoms with Crippen LogP contribution in [-0.2, 0) is 23.1 Å². The Balaban J connectivity index is 2.20. The Hall–Kier alpha value is -1.70.